The van der Waals surface area contributed by atoms with Crippen molar-refractivity contribution < 1.29 is 9.18 Å². The van der Waals surface area contributed by atoms with E-state index in [1.165, 1.54) is 31.2 Å². The van der Waals surface area contributed by atoms with E-state index >= 15 is 0 Å². The monoisotopic (exact) mass is 392 g/mol. The summed E-state index contributed by atoms with van der Waals surface area (Å²) in [7, 11) is 2.18. The van der Waals surface area contributed by atoms with Crippen LogP contribution in [0.4, 0.5) is 15.9 Å². The van der Waals surface area contributed by atoms with Crippen LogP contribution in [-0.4, -0.2) is 58.0 Å². The fourth-order valence-electron chi connectivity index (χ4n) is 4.34. The van der Waals surface area contributed by atoms with E-state index in [4.69, 9.17) is 0 Å². The predicted octanol–water partition coefficient (Wildman–Crippen LogP) is 2.70. The molecule has 148 valence electrons. The van der Waals surface area contributed by atoms with Gasteiger partial charge in [-0.2, -0.15) is 0 Å². The Bertz CT molecular complexity index is 1060. The van der Waals surface area contributed by atoms with Gasteiger partial charge in [-0.1, -0.05) is 6.07 Å². The van der Waals surface area contributed by atoms with Gasteiger partial charge >= 0.3 is 0 Å². The number of likely N-dealkylation sites (N-methyl/N-ethyl adjacent to an activating group) is 1. The predicted molar refractivity (Wildman–Crippen MR) is 108 cm³/mol. The van der Waals surface area contributed by atoms with Crippen LogP contribution in [0, 0.1) is 5.82 Å². The molecule has 2 bridgehead atoms. The molecule has 1 aromatic carbocycles. The van der Waals surface area contributed by atoms with Crippen LogP contribution in [0.25, 0.3) is 10.9 Å². The Balaban J connectivity index is 1.34. The van der Waals surface area contributed by atoms with Gasteiger partial charge < -0.3 is 10.2 Å². The second kappa shape index (κ2) is 7.04. The fraction of sp³-hybridized carbons (Fsp3) is 0.333. The van der Waals surface area contributed by atoms with E-state index in [1.807, 2.05) is 0 Å². The number of aromatic nitrogens is 3. The second-order valence-electron chi connectivity index (χ2n) is 7.70. The average molecular weight is 392 g/mol. The van der Waals surface area contributed by atoms with Crippen molar-refractivity contribution in [2.45, 2.75) is 24.9 Å². The summed E-state index contributed by atoms with van der Waals surface area (Å²) in [5, 5.41) is 3.33. The highest BCUT2D eigenvalue weighted by atomic mass is 19.1. The Hall–Kier alpha value is -3.13. The Morgan fingerprint density at radius 2 is 1.93 bits per heavy atom. The van der Waals surface area contributed by atoms with Crippen LogP contribution in [0.5, 0.6) is 0 Å². The van der Waals surface area contributed by atoms with Crippen molar-refractivity contribution in [2.75, 3.05) is 30.4 Å². The van der Waals surface area contributed by atoms with Crippen LogP contribution in [-0.2, 0) is 0 Å². The van der Waals surface area contributed by atoms with Crippen LogP contribution in [0.3, 0.4) is 0 Å². The number of fused-ring (bicyclic) bond motifs is 3. The van der Waals surface area contributed by atoms with Gasteiger partial charge in [0.15, 0.2) is 0 Å². The summed E-state index contributed by atoms with van der Waals surface area (Å²) in [6.45, 7) is 1.85. The van der Waals surface area contributed by atoms with Gasteiger partial charge in [-0.15, -0.1) is 0 Å². The molecule has 5 rings (SSSR count). The number of piperazine rings is 1. The van der Waals surface area contributed by atoms with Crippen LogP contribution in [0.15, 0.2) is 42.9 Å². The summed E-state index contributed by atoms with van der Waals surface area (Å²) in [6.07, 6.45) is 7.14. The van der Waals surface area contributed by atoms with Crippen LogP contribution in [0.2, 0.25) is 0 Å². The molecule has 0 radical (unpaired) electrons. The highest BCUT2D eigenvalue weighted by molar-refractivity contribution is 6.07. The number of carbonyl (C=O) groups excluding carboxylic acids is 1. The average Bonchev–Trinajstić information content (AvgIpc) is 2.93. The van der Waals surface area contributed by atoms with Crippen LogP contribution < -0.4 is 10.2 Å². The number of rotatable bonds is 3. The number of benzene rings is 1. The molecule has 2 saturated heterocycles. The molecule has 0 spiro atoms. The highest BCUT2D eigenvalue weighted by Crippen LogP contribution is 2.30. The molecule has 0 aliphatic carbocycles. The van der Waals surface area contributed by atoms with Gasteiger partial charge in [0.05, 0.1) is 23.6 Å². The summed E-state index contributed by atoms with van der Waals surface area (Å²) in [6, 6.07) is 7.21. The van der Waals surface area contributed by atoms with E-state index in [1.54, 1.807) is 24.5 Å². The van der Waals surface area contributed by atoms with Crippen molar-refractivity contribution >= 4 is 28.3 Å². The zero-order chi connectivity index (χ0) is 20.0. The number of pyridine rings is 1. The molecule has 1 N–H and O–H groups in total. The second-order valence-corrected chi connectivity index (χ2v) is 7.70. The standard InChI is InChI=1S/C21H21FN6O/c1-27-15-4-5-16(27)12-28(11-15)19-10-24-18(9-25-19)21(29)26-17-8-14(22)7-13-3-2-6-23-20(13)17/h2-3,6-10,15-16H,4-5,11-12H2,1H3,(H,26,29). The Kier molecular flexibility index (Phi) is 4.35. The normalized spacial score (nSPS) is 21.5. The molecule has 4 heterocycles. The van der Waals surface area contributed by atoms with Gasteiger partial charge in [0.1, 0.15) is 17.3 Å². The van der Waals surface area contributed by atoms with Gasteiger partial charge in [-0.05, 0) is 38.1 Å². The number of nitrogens with one attached hydrogen (secondary N) is 1. The fourth-order valence-corrected chi connectivity index (χ4v) is 4.34. The molecule has 2 aliphatic heterocycles. The molecule has 2 unspecified atom stereocenters. The van der Waals surface area contributed by atoms with Crippen LogP contribution in [0.1, 0.15) is 23.3 Å². The largest absolute Gasteiger partial charge is 0.352 e. The summed E-state index contributed by atoms with van der Waals surface area (Å²) in [4.78, 5) is 30.3. The van der Waals surface area contributed by atoms with Crippen molar-refractivity contribution in [1.82, 2.24) is 19.9 Å². The number of hydrogen-bond acceptors (Lipinski definition) is 6. The minimum Gasteiger partial charge on any atom is -0.352 e. The molecule has 7 nitrogen and oxygen atoms in total. The molecular weight excluding hydrogens is 371 g/mol. The maximum absolute atomic E-state index is 13.9. The van der Waals surface area contributed by atoms with Crippen molar-refractivity contribution in [3.05, 3.63) is 54.4 Å². The van der Waals surface area contributed by atoms with Gasteiger partial charge in [0.25, 0.3) is 5.91 Å². The molecule has 2 aliphatic rings. The third kappa shape index (κ3) is 3.29. The van der Waals surface area contributed by atoms with E-state index in [9.17, 15) is 9.18 Å². The van der Waals surface area contributed by atoms with E-state index in [0.29, 0.717) is 28.7 Å². The molecule has 2 fully saturated rings. The molecule has 0 saturated carbocycles. The third-order valence-corrected chi connectivity index (χ3v) is 5.96. The zero-order valence-corrected chi connectivity index (χ0v) is 16.0. The number of amides is 1. The molecule has 3 aromatic rings. The number of hydrogen-bond donors (Lipinski definition) is 1. The van der Waals surface area contributed by atoms with E-state index in [2.05, 4.69) is 37.1 Å². The maximum Gasteiger partial charge on any atom is 0.275 e. The van der Waals surface area contributed by atoms with E-state index < -0.39 is 11.7 Å². The quantitative estimate of drug-likeness (QED) is 0.739. The maximum atomic E-state index is 13.9. The summed E-state index contributed by atoms with van der Waals surface area (Å²) in [5.41, 5.74) is 1.02. The highest BCUT2D eigenvalue weighted by Gasteiger charge is 2.37. The van der Waals surface area contributed by atoms with Crippen molar-refractivity contribution in [3.8, 4) is 0 Å². The van der Waals surface area contributed by atoms with Crippen molar-refractivity contribution in [1.29, 1.82) is 0 Å². The van der Waals surface area contributed by atoms with Gasteiger partial charge in [0, 0.05) is 36.8 Å². The summed E-state index contributed by atoms with van der Waals surface area (Å²) < 4.78 is 13.9. The number of anilines is 2. The summed E-state index contributed by atoms with van der Waals surface area (Å²) >= 11 is 0. The molecule has 8 heteroatoms. The number of carbonyl (C=O) groups is 1. The first kappa shape index (κ1) is 17.9. The summed E-state index contributed by atoms with van der Waals surface area (Å²) in [5.74, 6) is -0.101. The van der Waals surface area contributed by atoms with Gasteiger partial charge in [-0.3, -0.25) is 14.7 Å². The first-order valence-electron chi connectivity index (χ1n) is 9.73. The lowest BCUT2D eigenvalue weighted by atomic mass is 10.2. The lowest BCUT2D eigenvalue weighted by Crippen LogP contribution is -2.52. The minimum absolute atomic E-state index is 0.180. The molecule has 2 atom stereocenters. The smallest absolute Gasteiger partial charge is 0.275 e. The topological polar surface area (TPSA) is 74.2 Å². The first-order valence-corrected chi connectivity index (χ1v) is 9.73. The Morgan fingerprint density at radius 3 is 2.66 bits per heavy atom. The van der Waals surface area contributed by atoms with E-state index in [-0.39, 0.29) is 5.69 Å². The molecule has 29 heavy (non-hydrogen) atoms. The third-order valence-electron chi connectivity index (χ3n) is 5.96. The Labute approximate surface area is 167 Å². The lowest BCUT2D eigenvalue weighted by molar-refractivity contribution is 0.102. The van der Waals surface area contributed by atoms with E-state index in [0.717, 1.165) is 18.9 Å². The van der Waals surface area contributed by atoms with Crippen molar-refractivity contribution in [3.63, 3.8) is 0 Å². The lowest BCUT2D eigenvalue weighted by Gasteiger charge is -2.39. The zero-order valence-electron chi connectivity index (χ0n) is 16.0. The van der Waals surface area contributed by atoms with Crippen molar-refractivity contribution in [2.24, 2.45) is 0 Å². The number of halogens is 1. The molecule has 2 aromatic heterocycles. The minimum atomic E-state index is -0.444. The molecule has 1 amide bonds. The Morgan fingerprint density at radius 1 is 1.14 bits per heavy atom. The first-order chi connectivity index (χ1) is 14.1. The molecular formula is C21H21FN6O. The SMILES string of the molecule is CN1C2CCC1CN(c1cnc(C(=O)Nc3cc(F)cc4cccnc34)cn1)C2. The van der Waals surface area contributed by atoms with Gasteiger partial charge in [-0.25, -0.2) is 14.4 Å². The van der Waals surface area contributed by atoms with Gasteiger partial charge in [0.2, 0.25) is 0 Å². The number of nitrogens with zero attached hydrogens (tertiary/aromatic N) is 5. The van der Waals surface area contributed by atoms with Crippen LogP contribution >= 0.6 is 0 Å².